The Hall–Kier alpha value is -2.63. The molecular weight excluding hydrogens is 308 g/mol. The number of aromatic nitrogens is 1. The van der Waals surface area contributed by atoms with Gasteiger partial charge in [-0.25, -0.2) is 9.59 Å². The van der Waals surface area contributed by atoms with E-state index in [1.165, 1.54) is 6.92 Å². The van der Waals surface area contributed by atoms with Crippen LogP contribution in [0.1, 0.15) is 33.4 Å². The molecule has 24 heavy (non-hydrogen) atoms. The van der Waals surface area contributed by atoms with Crippen LogP contribution in [0, 0.1) is 0 Å². The molecular formula is C18H22N2O4. The fourth-order valence-electron chi connectivity index (χ4n) is 2.36. The first kappa shape index (κ1) is 17.7. The van der Waals surface area contributed by atoms with E-state index < -0.39 is 23.2 Å². The molecule has 2 aromatic rings. The number of nitrogens with zero attached hydrogens (tertiary/aromatic N) is 1. The molecule has 1 heterocycles. The van der Waals surface area contributed by atoms with E-state index in [0.29, 0.717) is 5.69 Å². The number of carboxylic acids is 1. The first-order chi connectivity index (χ1) is 11.1. The molecule has 1 aromatic carbocycles. The molecule has 0 saturated carbocycles. The number of rotatable bonds is 4. The second kappa shape index (κ2) is 6.47. The lowest BCUT2D eigenvalue weighted by molar-refractivity contribution is -0.144. The lowest BCUT2D eigenvalue weighted by Gasteiger charge is -2.28. The fourth-order valence-corrected chi connectivity index (χ4v) is 2.36. The number of benzene rings is 1. The number of nitrogens with one attached hydrogen (secondary N) is 1. The maximum absolute atomic E-state index is 12.0. The van der Waals surface area contributed by atoms with Crippen LogP contribution in [0.3, 0.4) is 0 Å². The van der Waals surface area contributed by atoms with Gasteiger partial charge >= 0.3 is 12.1 Å². The highest BCUT2D eigenvalue weighted by Gasteiger charge is 2.37. The van der Waals surface area contributed by atoms with Crippen molar-refractivity contribution in [3.8, 4) is 0 Å². The number of pyridine rings is 1. The Bertz CT molecular complexity index is 762. The third-order valence-corrected chi connectivity index (χ3v) is 3.53. The highest BCUT2D eigenvalue weighted by molar-refractivity contribution is 5.87. The Morgan fingerprint density at radius 1 is 1.17 bits per heavy atom. The van der Waals surface area contributed by atoms with Crippen molar-refractivity contribution in [3.05, 3.63) is 42.2 Å². The molecule has 0 spiro atoms. The maximum atomic E-state index is 12.0. The molecule has 1 atom stereocenters. The third kappa shape index (κ3) is 4.22. The number of fused-ring (bicyclic) bond motifs is 1. The molecule has 1 aromatic heterocycles. The SMILES string of the molecule is CC(C)(C)OC(=O)NC(C)(Cc1nccc2ccccc12)C(=O)O. The third-order valence-electron chi connectivity index (χ3n) is 3.53. The molecule has 0 bridgehead atoms. The standard InChI is InChI=1S/C18H22N2O4/c1-17(2,3)24-16(23)20-18(4,15(21)22)11-14-13-8-6-5-7-12(13)9-10-19-14/h5-10H,11H2,1-4H3,(H,20,23)(H,21,22). The summed E-state index contributed by atoms with van der Waals surface area (Å²) < 4.78 is 5.17. The van der Waals surface area contributed by atoms with Gasteiger partial charge in [-0.1, -0.05) is 24.3 Å². The average molecular weight is 330 g/mol. The van der Waals surface area contributed by atoms with E-state index in [0.717, 1.165) is 10.8 Å². The first-order valence-electron chi connectivity index (χ1n) is 7.68. The van der Waals surface area contributed by atoms with Crippen LogP contribution in [0.2, 0.25) is 0 Å². The molecule has 6 nitrogen and oxygen atoms in total. The second-order valence-corrected chi connectivity index (χ2v) is 6.92. The summed E-state index contributed by atoms with van der Waals surface area (Å²) in [4.78, 5) is 28.1. The highest BCUT2D eigenvalue weighted by Crippen LogP contribution is 2.21. The summed E-state index contributed by atoms with van der Waals surface area (Å²) in [5.41, 5.74) is -1.63. The number of ether oxygens (including phenoxy) is 1. The summed E-state index contributed by atoms with van der Waals surface area (Å²) in [6.45, 7) is 6.60. The summed E-state index contributed by atoms with van der Waals surface area (Å²) in [5, 5.41) is 13.9. The van der Waals surface area contributed by atoms with Gasteiger partial charge in [0.1, 0.15) is 11.1 Å². The molecule has 128 valence electrons. The number of carboxylic acid groups (broad SMARTS) is 1. The quantitative estimate of drug-likeness (QED) is 0.899. The molecule has 0 aliphatic rings. The summed E-state index contributed by atoms with van der Waals surface area (Å²) in [6, 6.07) is 9.44. The van der Waals surface area contributed by atoms with Gasteiger partial charge in [0.25, 0.3) is 0 Å². The summed E-state index contributed by atoms with van der Waals surface area (Å²) >= 11 is 0. The van der Waals surface area contributed by atoms with Gasteiger partial charge in [0, 0.05) is 18.0 Å². The van der Waals surface area contributed by atoms with Crippen LogP contribution in [0.4, 0.5) is 4.79 Å². The summed E-state index contributed by atoms with van der Waals surface area (Å²) in [6.07, 6.45) is 0.906. The largest absolute Gasteiger partial charge is 0.480 e. The van der Waals surface area contributed by atoms with Crippen molar-refractivity contribution < 1.29 is 19.4 Å². The minimum atomic E-state index is -1.53. The molecule has 2 N–H and O–H groups in total. The van der Waals surface area contributed by atoms with Crippen molar-refractivity contribution >= 4 is 22.8 Å². The number of alkyl carbamates (subject to hydrolysis) is 1. The van der Waals surface area contributed by atoms with Crippen LogP contribution in [0.25, 0.3) is 10.8 Å². The van der Waals surface area contributed by atoms with Crippen molar-refractivity contribution in [1.29, 1.82) is 0 Å². The molecule has 6 heteroatoms. The summed E-state index contributed by atoms with van der Waals surface area (Å²) in [7, 11) is 0. The van der Waals surface area contributed by atoms with Crippen molar-refractivity contribution in [1.82, 2.24) is 10.3 Å². The monoisotopic (exact) mass is 330 g/mol. The van der Waals surface area contributed by atoms with Crippen LogP contribution in [0.15, 0.2) is 36.5 Å². The molecule has 0 fully saturated rings. The zero-order chi connectivity index (χ0) is 18.0. The van der Waals surface area contributed by atoms with Crippen LogP contribution in [-0.2, 0) is 16.0 Å². The van der Waals surface area contributed by atoms with Gasteiger partial charge in [0.05, 0.1) is 5.69 Å². The number of hydrogen-bond acceptors (Lipinski definition) is 4. The second-order valence-electron chi connectivity index (χ2n) is 6.92. The number of aliphatic carboxylic acids is 1. The maximum Gasteiger partial charge on any atom is 0.408 e. The van der Waals surface area contributed by atoms with Gasteiger partial charge in [0.15, 0.2) is 0 Å². The lowest BCUT2D eigenvalue weighted by atomic mass is 9.93. The zero-order valence-electron chi connectivity index (χ0n) is 14.3. The van der Waals surface area contributed by atoms with E-state index in [1.54, 1.807) is 27.0 Å². The van der Waals surface area contributed by atoms with E-state index in [2.05, 4.69) is 10.3 Å². The van der Waals surface area contributed by atoms with Crippen molar-refractivity contribution in [2.24, 2.45) is 0 Å². The van der Waals surface area contributed by atoms with Crippen molar-refractivity contribution in [2.45, 2.75) is 45.3 Å². The van der Waals surface area contributed by atoms with Gasteiger partial charge < -0.3 is 15.2 Å². The Labute approximate surface area is 140 Å². The Morgan fingerprint density at radius 3 is 2.46 bits per heavy atom. The van der Waals surface area contributed by atoms with Crippen molar-refractivity contribution in [2.75, 3.05) is 0 Å². The average Bonchev–Trinajstić information content (AvgIpc) is 2.45. The van der Waals surface area contributed by atoms with Crippen molar-refractivity contribution in [3.63, 3.8) is 0 Å². The van der Waals surface area contributed by atoms with Gasteiger partial charge in [-0.2, -0.15) is 0 Å². The molecule has 0 aliphatic heterocycles. The Balaban J connectivity index is 2.30. The number of carbonyl (C=O) groups is 2. The van der Waals surface area contributed by atoms with Crippen LogP contribution < -0.4 is 5.32 Å². The molecule has 1 unspecified atom stereocenters. The minimum absolute atomic E-state index is 0.0446. The predicted octanol–water partition coefficient (Wildman–Crippen LogP) is 3.15. The normalized spacial score (nSPS) is 14.0. The smallest absolute Gasteiger partial charge is 0.408 e. The van der Waals surface area contributed by atoms with E-state index in [9.17, 15) is 14.7 Å². The van der Waals surface area contributed by atoms with Gasteiger partial charge in [-0.3, -0.25) is 4.98 Å². The number of carbonyl (C=O) groups excluding carboxylic acids is 1. The summed E-state index contributed by atoms with van der Waals surface area (Å²) in [5.74, 6) is -1.15. The molecule has 0 radical (unpaired) electrons. The number of hydrogen-bond donors (Lipinski definition) is 2. The fraction of sp³-hybridized carbons (Fsp3) is 0.389. The van der Waals surface area contributed by atoms with Crippen LogP contribution in [0.5, 0.6) is 0 Å². The Kier molecular flexibility index (Phi) is 4.78. The topological polar surface area (TPSA) is 88.5 Å². The van der Waals surface area contributed by atoms with E-state index >= 15 is 0 Å². The Morgan fingerprint density at radius 2 is 1.83 bits per heavy atom. The molecule has 2 rings (SSSR count). The van der Waals surface area contributed by atoms with Crippen LogP contribution >= 0.6 is 0 Å². The highest BCUT2D eigenvalue weighted by atomic mass is 16.6. The van der Waals surface area contributed by atoms with E-state index in [-0.39, 0.29) is 6.42 Å². The first-order valence-corrected chi connectivity index (χ1v) is 7.68. The van der Waals surface area contributed by atoms with E-state index in [1.807, 2.05) is 30.3 Å². The van der Waals surface area contributed by atoms with Gasteiger partial charge in [0.2, 0.25) is 0 Å². The molecule has 0 saturated heterocycles. The zero-order valence-corrected chi connectivity index (χ0v) is 14.3. The van der Waals surface area contributed by atoms with E-state index in [4.69, 9.17) is 4.74 Å². The van der Waals surface area contributed by atoms with Gasteiger partial charge in [-0.15, -0.1) is 0 Å². The predicted molar refractivity (Wildman–Crippen MR) is 90.9 cm³/mol. The number of amides is 1. The lowest BCUT2D eigenvalue weighted by Crippen LogP contribution is -2.55. The van der Waals surface area contributed by atoms with Gasteiger partial charge in [-0.05, 0) is 39.1 Å². The molecule has 0 aliphatic carbocycles. The minimum Gasteiger partial charge on any atom is -0.480 e. The molecule has 1 amide bonds. The van der Waals surface area contributed by atoms with Crippen LogP contribution in [-0.4, -0.2) is 33.3 Å².